The van der Waals surface area contributed by atoms with E-state index in [9.17, 15) is 4.79 Å². The van der Waals surface area contributed by atoms with Crippen molar-refractivity contribution in [3.63, 3.8) is 0 Å². The number of carbonyl (C=O) groups is 1. The second-order valence-corrected chi connectivity index (χ2v) is 4.38. The van der Waals surface area contributed by atoms with E-state index in [4.69, 9.17) is 0 Å². The van der Waals surface area contributed by atoms with E-state index >= 15 is 0 Å². The van der Waals surface area contributed by atoms with Gasteiger partial charge >= 0.3 is 0 Å². The quantitative estimate of drug-likeness (QED) is 0.652. The molecule has 0 saturated carbocycles. The van der Waals surface area contributed by atoms with Gasteiger partial charge in [-0.25, -0.2) is 5.01 Å². The van der Waals surface area contributed by atoms with Crippen molar-refractivity contribution in [1.29, 1.82) is 0 Å². The molecule has 0 spiro atoms. The van der Waals surface area contributed by atoms with E-state index < -0.39 is 0 Å². The van der Waals surface area contributed by atoms with Crippen molar-refractivity contribution < 1.29 is 4.79 Å². The van der Waals surface area contributed by atoms with Crippen LogP contribution in [-0.4, -0.2) is 12.6 Å². The molecule has 4 nitrogen and oxygen atoms in total. The highest BCUT2D eigenvalue weighted by Gasteiger charge is 2.04. The Labute approximate surface area is 124 Å². The molecule has 0 saturated heterocycles. The minimum atomic E-state index is -0.0832. The number of amides is 1. The number of nitrogens with zero attached hydrogens (tertiary/aromatic N) is 2. The van der Waals surface area contributed by atoms with Crippen molar-refractivity contribution >= 4 is 18.3 Å². The van der Waals surface area contributed by atoms with E-state index in [1.807, 2.05) is 42.5 Å². The summed E-state index contributed by atoms with van der Waals surface area (Å²) in [5, 5.41) is 8.27. The van der Waals surface area contributed by atoms with Crippen LogP contribution in [0.15, 0.2) is 72.5 Å². The first kappa shape index (κ1) is 14.5. The summed E-state index contributed by atoms with van der Waals surface area (Å²) in [6.07, 6.45) is 1.58. The summed E-state index contributed by atoms with van der Waals surface area (Å²) < 4.78 is 0. The molecule has 106 valence electrons. The highest BCUT2D eigenvalue weighted by atomic mass is 16.1. The molecule has 2 aromatic rings. The first-order valence-electron chi connectivity index (χ1n) is 6.55. The average Bonchev–Trinajstić information content (AvgIpc) is 2.55. The fraction of sp³-hybridized carbons (Fsp3) is 0.0588. The van der Waals surface area contributed by atoms with E-state index in [0.29, 0.717) is 12.1 Å². The molecule has 21 heavy (non-hydrogen) atoms. The molecule has 2 aromatic carbocycles. The summed E-state index contributed by atoms with van der Waals surface area (Å²) in [7, 11) is 0. The summed E-state index contributed by atoms with van der Waals surface area (Å²) >= 11 is 0. The lowest BCUT2D eigenvalue weighted by Gasteiger charge is -2.13. The molecule has 0 aliphatic heterocycles. The molecule has 0 aliphatic rings. The number of hydrazone groups is 1. The van der Waals surface area contributed by atoms with Crippen LogP contribution in [0.25, 0.3) is 0 Å². The van der Waals surface area contributed by atoms with Crippen LogP contribution in [0.5, 0.6) is 0 Å². The van der Waals surface area contributed by atoms with Crippen LogP contribution in [0.1, 0.15) is 15.9 Å². The zero-order chi connectivity index (χ0) is 15.1. The van der Waals surface area contributed by atoms with Crippen LogP contribution in [0.2, 0.25) is 0 Å². The average molecular weight is 279 g/mol. The molecule has 1 amide bonds. The van der Waals surface area contributed by atoms with Gasteiger partial charge in [-0.15, -0.1) is 0 Å². The number of hydrogen-bond donors (Lipinski definition) is 1. The van der Waals surface area contributed by atoms with Crippen molar-refractivity contribution in [1.82, 2.24) is 5.32 Å². The van der Waals surface area contributed by atoms with Crippen LogP contribution in [0.4, 0.5) is 5.69 Å². The first-order valence-corrected chi connectivity index (χ1v) is 6.55. The zero-order valence-corrected chi connectivity index (χ0v) is 11.7. The van der Waals surface area contributed by atoms with Gasteiger partial charge in [-0.1, -0.05) is 36.9 Å². The first-order chi connectivity index (χ1) is 10.2. The molecule has 2 rings (SSSR count). The molecule has 0 bridgehead atoms. The van der Waals surface area contributed by atoms with Crippen molar-refractivity contribution in [2.75, 3.05) is 5.01 Å². The molecular formula is C17H17N3O. The maximum atomic E-state index is 11.9. The third-order valence-electron chi connectivity index (χ3n) is 3.02. The minimum absolute atomic E-state index is 0.0832. The molecule has 0 atom stereocenters. The van der Waals surface area contributed by atoms with Gasteiger partial charge < -0.3 is 5.32 Å². The number of nitrogens with one attached hydrogen (secondary N) is 1. The molecule has 4 heteroatoms. The summed E-state index contributed by atoms with van der Waals surface area (Å²) in [5.41, 5.74) is 2.54. The second kappa shape index (κ2) is 7.05. The van der Waals surface area contributed by atoms with E-state index in [0.717, 1.165) is 11.3 Å². The Morgan fingerprint density at radius 3 is 2.38 bits per heavy atom. The third kappa shape index (κ3) is 3.79. The van der Waals surface area contributed by atoms with Crippen LogP contribution in [-0.2, 0) is 6.54 Å². The van der Waals surface area contributed by atoms with Crippen molar-refractivity contribution in [2.45, 2.75) is 6.54 Å². The lowest BCUT2D eigenvalue weighted by Crippen LogP contribution is -2.22. The van der Waals surface area contributed by atoms with Gasteiger partial charge in [-0.3, -0.25) is 4.79 Å². The largest absolute Gasteiger partial charge is 0.348 e. The Morgan fingerprint density at radius 2 is 1.81 bits per heavy atom. The fourth-order valence-corrected chi connectivity index (χ4v) is 1.89. The molecular weight excluding hydrogens is 262 g/mol. The lowest BCUT2D eigenvalue weighted by molar-refractivity contribution is 0.0951. The predicted octanol–water partition coefficient (Wildman–Crippen LogP) is 3.18. The summed E-state index contributed by atoms with van der Waals surface area (Å²) in [6.45, 7) is 7.61. The van der Waals surface area contributed by atoms with Gasteiger partial charge in [0, 0.05) is 25.0 Å². The summed E-state index contributed by atoms with van der Waals surface area (Å²) in [5.74, 6) is -0.0832. The van der Waals surface area contributed by atoms with Crippen LogP contribution in [0, 0.1) is 0 Å². The van der Waals surface area contributed by atoms with Gasteiger partial charge in [0.1, 0.15) is 0 Å². The van der Waals surface area contributed by atoms with Gasteiger partial charge in [-0.05, 0) is 29.8 Å². The number of benzene rings is 2. The molecule has 0 unspecified atom stereocenters. The Bertz CT molecular complexity index is 612. The lowest BCUT2D eigenvalue weighted by atomic mass is 10.2. The van der Waals surface area contributed by atoms with E-state index in [2.05, 4.69) is 23.7 Å². The second-order valence-electron chi connectivity index (χ2n) is 4.38. The normalized spacial score (nSPS) is 9.71. The van der Waals surface area contributed by atoms with Crippen LogP contribution >= 0.6 is 0 Å². The molecule has 1 N–H and O–H groups in total. The highest BCUT2D eigenvalue weighted by Crippen LogP contribution is 2.15. The highest BCUT2D eigenvalue weighted by molar-refractivity contribution is 5.94. The molecule has 0 radical (unpaired) electrons. The van der Waals surface area contributed by atoms with Gasteiger partial charge in [0.25, 0.3) is 5.91 Å². The van der Waals surface area contributed by atoms with Gasteiger partial charge in [0.05, 0.1) is 5.69 Å². The van der Waals surface area contributed by atoms with Crippen molar-refractivity contribution in [3.8, 4) is 0 Å². The Kier molecular flexibility index (Phi) is 4.88. The maximum Gasteiger partial charge on any atom is 0.251 e. The Hall–Kier alpha value is -2.88. The van der Waals surface area contributed by atoms with Crippen molar-refractivity contribution in [2.24, 2.45) is 5.10 Å². The summed E-state index contributed by atoms with van der Waals surface area (Å²) in [6, 6.07) is 16.8. The standard InChI is InChI=1S/C17H17N3O/c1-3-20(18-2)16-11-9-14(10-12-16)13-19-17(21)15-7-5-4-6-8-15/h3-12H,1-2,13H2,(H,19,21). The SMILES string of the molecule is C=CN(N=C)c1ccc(CNC(=O)c2ccccc2)cc1. The number of carbonyl (C=O) groups excluding carboxylic acids is 1. The number of rotatable bonds is 6. The summed E-state index contributed by atoms with van der Waals surface area (Å²) in [4.78, 5) is 11.9. The number of anilines is 1. The van der Waals surface area contributed by atoms with Gasteiger partial charge in [0.15, 0.2) is 0 Å². The maximum absolute atomic E-state index is 11.9. The number of hydrogen-bond acceptors (Lipinski definition) is 3. The molecule has 0 aliphatic carbocycles. The smallest absolute Gasteiger partial charge is 0.251 e. The van der Waals surface area contributed by atoms with Crippen molar-refractivity contribution in [3.05, 3.63) is 78.5 Å². The topological polar surface area (TPSA) is 44.7 Å². The van der Waals surface area contributed by atoms with E-state index in [1.165, 1.54) is 0 Å². The Balaban J connectivity index is 1.96. The predicted molar refractivity (Wildman–Crippen MR) is 86.3 cm³/mol. The minimum Gasteiger partial charge on any atom is -0.348 e. The van der Waals surface area contributed by atoms with E-state index in [1.54, 1.807) is 23.3 Å². The zero-order valence-electron chi connectivity index (χ0n) is 11.7. The van der Waals surface area contributed by atoms with Crippen LogP contribution < -0.4 is 10.3 Å². The molecule has 0 aromatic heterocycles. The van der Waals surface area contributed by atoms with Gasteiger partial charge in [-0.2, -0.15) is 5.10 Å². The monoisotopic (exact) mass is 279 g/mol. The molecule has 0 fully saturated rings. The van der Waals surface area contributed by atoms with Crippen LogP contribution in [0.3, 0.4) is 0 Å². The van der Waals surface area contributed by atoms with Gasteiger partial charge in [0.2, 0.25) is 0 Å². The van der Waals surface area contributed by atoms with E-state index in [-0.39, 0.29) is 5.91 Å². The Morgan fingerprint density at radius 1 is 1.14 bits per heavy atom. The molecule has 0 heterocycles. The third-order valence-corrected chi connectivity index (χ3v) is 3.02. The fourth-order valence-electron chi connectivity index (χ4n) is 1.89.